The van der Waals surface area contributed by atoms with Crippen molar-refractivity contribution in [1.82, 2.24) is 9.88 Å². The average molecular weight is 353 g/mol. The van der Waals surface area contributed by atoms with E-state index in [1.165, 1.54) is 97.9 Å². The summed E-state index contributed by atoms with van der Waals surface area (Å²) in [6.07, 6.45) is 11.4. The summed E-state index contributed by atoms with van der Waals surface area (Å²) in [5, 5.41) is 1.33. The maximum atomic E-state index is 4.95. The van der Waals surface area contributed by atoms with Crippen molar-refractivity contribution in [2.24, 2.45) is 0 Å². The molecule has 1 saturated heterocycles. The van der Waals surface area contributed by atoms with Crippen LogP contribution in [-0.4, -0.2) is 29.5 Å². The number of likely N-dealkylation sites (tertiary alicyclic amines) is 1. The number of aryl methyl sites for hydroxylation is 4. The number of benzene rings is 1. The lowest BCUT2D eigenvalue weighted by molar-refractivity contribution is 0.330. The molecule has 0 saturated carbocycles. The van der Waals surface area contributed by atoms with Crippen LogP contribution in [-0.2, 0) is 19.3 Å². The van der Waals surface area contributed by atoms with Crippen LogP contribution in [0.5, 0.6) is 0 Å². The molecule has 0 atom stereocenters. The first-order valence-corrected chi connectivity index (χ1v) is 10.9. The topological polar surface area (TPSA) is 16.1 Å². The predicted octanol–water partition coefficient (Wildman–Crippen LogP) is 5.87. The Morgan fingerprint density at radius 3 is 2.35 bits per heavy atom. The van der Waals surface area contributed by atoms with Crippen LogP contribution in [0, 0.1) is 6.92 Å². The Bertz CT molecular complexity index is 714. The smallest absolute Gasteiger partial charge is 0.0708 e. The molecule has 0 unspecified atom stereocenters. The highest BCUT2D eigenvalue weighted by molar-refractivity contribution is 5.81. The molecule has 0 radical (unpaired) electrons. The van der Waals surface area contributed by atoms with Crippen molar-refractivity contribution in [3.8, 4) is 0 Å². The SMILES string of the molecule is CCCCc1cc2cc(CC)c(CCCCN3CCCC3)cc2nc1C. The number of aromatic nitrogens is 1. The first-order valence-electron chi connectivity index (χ1n) is 10.9. The van der Waals surface area contributed by atoms with Gasteiger partial charge in [0.05, 0.1) is 5.52 Å². The fourth-order valence-electron chi connectivity index (χ4n) is 4.29. The van der Waals surface area contributed by atoms with Crippen molar-refractivity contribution >= 4 is 10.9 Å². The standard InChI is InChI=1S/C24H36N2/c1-4-6-11-21-17-23-16-20(5-2)22(18-24(23)25-19(21)3)12-7-8-13-26-14-9-10-15-26/h16-18H,4-15H2,1-3H3. The van der Waals surface area contributed by atoms with Gasteiger partial charge in [-0.3, -0.25) is 4.98 Å². The molecule has 1 aliphatic rings. The van der Waals surface area contributed by atoms with Gasteiger partial charge in [-0.05, 0) is 113 Å². The number of fused-ring (bicyclic) bond motifs is 1. The third-order valence-corrected chi connectivity index (χ3v) is 5.98. The highest BCUT2D eigenvalue weighted by Gasteiger charge is 2.11. The van der Waals surface area contributed by atoms with Gasteiger partial charge >= 0.3 is 0 Å². The third kappa shape index (κ3) is 4.85. The number of hydrogen-bond acceptors (Lipinski definition) is 2. The molecule has 2 heterocycles. The Morgan fingerprint density at radius 2 is 1.62 bits per heavy atom. The third-order valence-electron chi connectivity index (χ3n) is 5.98. The van der Waals surface area contributed by atoms with E-state index in [0.29, 0.717) is 0 Å². The fourth-order valence-corrected chi connectivity index (χ4v) is 4.29. The molecule has 1 aliphatic heterocycles. The lowest BCUT2D eigenvalue weighted by Gasteiger charge is -2.15. The van der Waals surface area contributed by atoms with Crippen molar-refractivity contribution in [2.45, 2.75) is 78.6 Å². The molecule has 0 aliphatic carbocycles. The van der Waals surface area contributed by atoms with Gasteiger partial charge < -0.3 is 4.90 Å². The van der Waals surface area contributed by atoms with Crippen molar-refractivity contribution in [3.05, 3.63) is 40.6 Å². The molecule has 2 nitrogen and oxygen atoms in total. The second-order valence-electron chi connectivity index (χ2n) is 8.01. The first kappa shape index (κ1) is 19.4. The van der Waals surface area contributed by atoms with Crippen molar-refractivity contribution in [1.29, 1.82) is 0 Å². The van der Waals surface area contributed by atoms with Gasteiger partial charge in [0.25, 0.3) is 0 Å². The minimum atomic E-state index is 1.12. The lowest BCUT2D eigenvalue weighted by atomic mass is 9.96. The van der Waals surface area contributed by atoms with E-state index in [4.69, 9.17) is 4.98 Å². The average Bonchev–Trinajstić information content (AvgIpc) is 3.16. The molecule has 26 heavy (non-hydrogen) atoms. The molecule has 142 valence electrons. The zero-order chi connectivity index (χ0) is 18.4. The van der Waals surface area contributed by atoms with E-state index in [1.807, 2.05) is 0 Å². The van der Waals surface area contributed by atoms with Crippen LogP contribution >= 0.6 is 0 Å². The molecule has 1 aromatic carbocycles. The van der Waals surface area contributed by atoms with E-state index in [2.05, 4.69) is 43.9 Å². The molecule has 0 amide bonds. The van der Waals surface area contributed by atoms with Crippen LogP contribution in [0.15, 0.2) is 18.2 Å². The number of unbranched alkanes of at least 4 members (excludes halogenated alkanes) is 2. The molecule has 2 heteroatoms. The van der Waals surface area contributed by atoms with Gasteiger partial charge in [0, 0.05) is 11.1 Å². The Labute approximate surface area is 160 Å². The summed E-state index contributed by atoms with van der Waals surface area (Å²) in [7, 11) is 0. The van der Waals surface area contributed by atoms with E-state index in [1.54, 1.807) is 0 Å². The molecule has 3 rings (SSSR count). The van der Waals surface area contributed by atoms with Gasteiger partial charge in [0.1, 0.15) is 0 Å². The van der Waals surface area contributed by atoms with Crippen LogP contribution in [0.4, 0.5) is 0 Å². The van der Waals surface area contributed by atoms with E-state index >= 15 is 0 Å². The van der Waals surface area contributed by atoms with Gasteiger partial charge in [-0.25, -0.2) is 0 Å². The second kappa shape index (κ2) is 9.50. The van der Waals surface area contributed by atoms with Gasteiger partial charge in [0.15, 0.2) is 0 Å². The monoisotopic (exact) mass is 352 g/mol. The number of pyridine rings is 1. The lowest BCUT2D eigenvalue weighted by Crippen LogP contribution is -2.20. The van der Waals surface area contributed by atoms with E-state index in [9.17, 15) is 0 Å². The normalized spacial score (nSPS) is 15.2. The maximum Gasteiger partial charge on any atom is 0.0708 e. The van der Waals surface area contributed by atoms with E-state index < -0.39 is 0 Å². The minimum absolute atomic E-state index is 1.12. The molecule has 0 N–H and O–H groups in total. The largest absolute Gasteiger partial charge is 0.303 e. The molecule has 1 fully saturated rings. The van der Waals surface area contributed by atoms with Gasteiger partial charge in [-0.1, -0.05) is 20.3 Å². The molecule has 0 bridgehead atoms. The fraction of sp³-hybridized carbons (Fsp3) is 0.625. The molecular weight excluding hydrogens is 316 g/mol. The zero-order valence-electron chi connectivity index (χ0n) is 17.1. The summed E-state index contributed by atoms with van der Waals surface area (Å²) in [6.45, 7) is 10.6. The van der Waals surface area contributed by atoms with Gasteiger partial charge in [0.2, 0.25) is 0 Å². The Balaban J connectivity index is 1.70. The van der Waals surface area contributed by atoms with Crippen LogP contribution in [0.3, 0.4) is 0 Å². The summed E-state index contributed by atoms with van der Waals surface area (Å²) < 4.78 is 0. The predicted molar refractivity (Wildman–Crippen MR) is 113 cm³/mol. The maximum absolute atomic E-state index is 4.95. The molecule has 1 aromatic heterocycles. The highest BCUT2D eigenvalue weighted by atomic mass is 15.1. The van der Waals surface area contributed by atoms with Crippen LogP contribution in [0.1, 0.15) is 74.8 Å². The summed E-state index contributed by atoms with van der Waals surface area (Å²) in [6, 6.07) is 7.18. The summed E-state index contributed by atoms with van der Waals surface area (Å²) in [5.74, 6) is 0. The summed E-state index contributed by atoms with van der Waals surface area (Å²) in [5.41, 5.74) is 6.88. The van der Waals surface area contributed by atoms with Crippen molar-refractivity contribution in [2.75, 3.05) is 19.6 Å². The molecule has 0 spiro atoms. The Kier molecular flexibility index (Phi) is 7.07. The quantitative estimate of drug-likeness (QED) is 0.525. The Hall–Kier alpha value is -1.41. The van der Waals surface area contributed by atoms with Crippen molar-refractivity contribution < 1.29 is 0 Å². The van der Waals surface area contributed by atoms with Crippen LogP contribution in [0.25, 0.3) is 10.9 Å². The van der Waals surface area contributed by atoms with E-state index in [-0.39, 0.29) is 0 Å². The van der Waals surface area contributed by atoms with Gasteiger partial charge in [-0.15, -0.1) is 0 Å². The second-order valence-corrected chi connectivity index (χ2v) is 8.01. The van der Waals surface area contributed by atoms with Crippen LogP contribution < -0.4 is 0 Å². The van der Waals surface area contributed by atoms with Gasteiger partial charge in [-0.2, -0.15) is 0 Å². The van der Waals surface area contributed by atoms with Crippen molar-refractivity contribution in [3.63, 3.8) is 0 Å². The zero-order valence-corrected chi connectivity index (χ0v) is 17.1. The molecule has 2 aromatic rings. The number of nitrogens with zero attached hydrogens (tertiary/aromatic N) is 2. The first-order chi connectivity index (χ1) is 12.7. The highest BCUT2D eigenvalue weighted by Crippen LogP contribution is 2.24. The molecular formula is C24H36N2. The Morgan fingerprint density at radius 1 is 0.885 bits per heavy atom. The minimum Gasteiger partial charge on any atom is -0.303 e. The number of hydrogen-bond donors (Lipinski definition) is 0. The van der Waals surface area contributed by atoms with Crippen LogP contribution in [0.2, 0.25) is 0 Å². The van der Waals surface area contributed by atoms with E-state index in [0.717, 1.165) is 12.8 Å². The summed E-state index contributed by atoms with van der Waals surface area (Å²) in [4.78, 5) is 7.58. The summed E-state index contributed by atoms with van der Waals surface area (Å²) >= 11 is 0. The number of rotatable bonds is 9.